The summed E-state index contributed by atoms with van der Waals surface area (Å²) in [5, 5.41) is 20.9. The lowest BCUT2D eigenvalue weighted by Gasteiger charge is -2.11. The van der Waals surface area contributed by atoms with Crippen molar-refractivity contribution in [3.63, 3.8) is 0 Å². The lowest BCUT2D eigenvalue weighted by molar-refractivity contribution is 0.286. The van der Waals surface area contributed by atoms with Gasteiger partial charge < -0.3 is 20.5 Å². The molecule has 30 heavy (non-hydrogen) atoms. The summed E-state index contributed by atoms with van der Waals surface area (Å²) in [6.07, 6.45) is 2.55. The van der Waals surface area contributed by atoms with Crippen LogP contribution >= 0.6 is 11.6 Å². The number of hydrogen-bond acceptors (Lipinski definition) is 7. The minimum atomic E-state index is 0.160. The summed E-state index contributed by atoms with van der Waals surface area (Å²) >= 11 is 6.26. The molecule has 9 heteroatoms. The fourth-order valence-corrected chi connectivity index (χ4v) is 3.59. The van der Waals surface area contributed by atoms with E-state index in [1.54, 1.807) is 7.11 Å². The van der Waals surface area contributed by atoms with Gasteiger partial charge in [-0.25, -0.2) is 9.97 Å². The van der Waals surface area contributed by atoms with E-state index < -0.39 is 0 Å². The maximum absolute atomic E-state index is 8.97. The molecule has 0 aliphatic carbocycles. The molecular formula is C21H29ClN6O2. The number of methoxy groups -OCH3 is 1. The lowest BCUT2D eigenvalue weighted by Crippen LogP contribution is -2.18. The molecule has 0 bridgehead atoms. The number of aromatic nitrogens is 4. The van der Waals surface area contributed by atoms with E-state index in [2.05, 4.69) is 22.7 Å². The summed E-state index contributed by atoms with van der Waals surface area (Å²) in [5.41, 5.74) is 3.76. The van der Waals surface area contributed by atoms with Gasteiger partial charge in [0.05, 0.1) is 24.4 Å². The summed E-state index contributed by atoms with van der Waals surface area (Å²) < 4.78 is 7.07. The van der Waals surface area contributed by atoms with Crippen LogP contribution in [0.5, 0.6) is 5.75 Å². The Labute approximate surface area is 181 Å². The second-order valence-electron chi connectivity index (χ2n) is 7.08. The fourth-order valence-electron chi connectivity index (χ4n) is 3.30. The lowest BCUT2D eigenvalue weighted by atomic mass is 10.2. The van der Waals surface area contributed by atoms with E-state index in [0.29, 0.717) is 42.7 Å². The highest BCUT2D eigenvalue weighted by Gasteiger charge is 2.17. The summed E-state index contributed by atoms with van der Waals surface area (Å²) in [6.45, 7) is 4.08. The number of aliphatic hydroxyl groups excluding tert-OH is 1. The highest BCUT2D eigenvalue weighted by atomic mass is 35.5. The van der Waals surface area contributed by atoms with Crippen LogP contribution in [-0.2, 0) is 26.6 Å². The molecular weight excluding hydrogens is 404 g/mol. The van der Waals surface area contributed by atoms with Crippen molar-refractivity contribution in [2.75, 3.05) is 25.6 Å². The average Bonchev–Trinajstić information content (AvgIpc) is 3.05. The van der Waals surface area contributed by atoms with Crippen molar-refractivity contribution in [3.05, 3.63) is 40.3 Å². The zero-order valence-corrected chi connectivity index (χ0v) is 18.5. The normalized spacial score (nSPS) is 11.2. The van der Waals surface area contributed by atoms with Crippen LogP contribution < -0.4 is 15.4 Å². The summed E-state index contributed by atoms with van der Waals surface area (Å²) in [7, 11) is 3.52. The molecule has 2 heterocycles. The Morgan fingerprint density at radius 2 is 2.07 bits per heavy atom. The second kappa shape index (κ2) is 10.6. The van der Waals surface area contributed by atoms with Crippen molar-refractivity contribution < 1.29 is 9.84 Å². The van der Waals surface area contributed by atoms with Gasteiger partial charge in [-0.05, 0) is 37.1 Å². The Kier molecular flexibility index (Phi) is 7.84. The molecule has 3 aromatic rings. The third-order valence-electron chi connectivity index (χ3n) is 4.76. The van der Waals surface area contributed by atoms with Gasteiger partial charge in [-0.1, -0.05) is 31.0 Å². The van der Waals surface area contributed by atoms with Crippen molar-refractivity contribution >= 4 is 28.5 Å². The number of aliphatic hydroxyl groups is 1. The van der Waals surface area contributed by atoms with Crippen molar-refractivity contribution in [2.24, 2.45) is 7.05 Å². The van der Waals surface area contributed by atoms with E-state index in [9.17, 15) is 0 Å². The van der Waals surface area contributed by atoms with Gasteiger partial charge in [0.15, 0.2) is 5.82 Å². The Balaban J connectivity index is 1.89. The standard InChI is InChI=1S/C21H29ClN6O2/c1-4-6-16-19-20(28(2)27-16)21(26-18(25-19)13-23-9-5-10-29)24-12-14-7-8-17(30-3)15(22)11-14/h7-8,11,23,29H,4-6,9-10,12-13H2,1-3H3,(H,24,25,26). The van der Waals surface area contributed by atoms with Gasteiger partial charge in [-0.2, -0.15) is 5.10 Å². The number of rotatable bonds is 11. The molecule has 1 aromatic carbocycles. The van der Waals surface area contributed by atoms with Crippen LogP contribution in [0.3, 0.4) is 0 Å². The number of hydrogen-bond donors (Lipinski definition) is 3. The number of ether oxygens (including phenoxy) is 1. The largest absolute Gasteiger partial charge is 0.495 e. The van der Waals surface area contributed by atoms with E-state index in [-0.39, 0.29) is 6.61 Å². The number of aryl methyl sites for hydroxylation is 2. The monoisotopic (exact) mass is 432 g/mol. The number of anilines is 1. The van der Waals surface area contributed by atoms with Gasteiger partial charge in [0, 0.05) is 20.2 Å². The zero-order chi connectivity index (χ0) is 21.5. The summed E-state index contributed by atoms with van der Waals surface area (Å²) in [4.78, 5) is 9.51. The number of nitrogens with zero attached hydrogens (tertiary/aromatic N) is 4. The van der Waals surface area contributed by atoms with Gasteiger partial charge in [0.1, 0.15) is 22.6 Å². The van der Waals surface area contributed by atoms with Crippen LogP contribution in [0.4, 0.5) is 5.82 Å². The molecule has 0 saturated carbocycles. The van der Waals surface area contributed by atoms with Crippen LogP contribution in [0, 0.1) is 0 Å². The van der Waals surface area contributed by atoms with Gasteiger partial charge in [-0.3, -0.25) is 4.68 Å². The molecule has 0 spiro atoms. The van der Waals surface area contributed by atoms with Crippen LogP contribution in [0.25, 0.3) is 11.0 Å². The van der Waals surface area contributed by atoms with Crippen molar-refractivity contribution in [1.29, 1.82) is 0 Å². The number of benzene rings is 1. The molecule has 0 radical (unpaired) electrons. The number of nitrogens with one attached hydrogen (secondary N) is 2. The molecule has 8 nitrogen and oxygen atoms in total. The quantitative estimate of drug-likeness (QED) is 0.400. The van der Waals surface area contributed by atoms with Crippen LogP contribution in [0.1, 0.15) is 36.8 Å². The van der Waals surface area contributed by atoms with Crippen molar-refractivity contribution in [1.82, 2.24) is 25.1 Å². The fraction of sp³-hybridized carbons (Fsp3) is 0.476. The molecule has 0 atom stereocenters. The van der Waals surface area contributed by atoms with Gasteiger partial charge in [0.2, 0.25) is 0 Å². The first-order valence-electron chi connectivity index (χ1n) is 10.2. The SMILES string of the molecule is CCCc1nn(C)c2c(NCc3ccc(OC)c(Cl)c3)nc(CNCCCO)nc12. The minimum absolute atomic E-state index is 0.160. The molecule has 0 saturated heterocycles. The third-order valence-corrected chi connectivity index (χ3v) is 5.05. The third kappa shape index (κ3) is 5.19. The smallest absolute Gasteiger partial charge is 0.156 e. The van der Waals surface area contributed by atoms with E-state index in [1.165, 1.54) is 0 Å². The van der Waals surface area contributed by atoms with Crippen LogP contribution in [0.15, 0.2) is 18.2 Å². The predicted octanol–water partition coefficient (Wildman–Crippen LogP) is 3.06. The molecule has 0 aliphatic heterocycles. The first kappa shape index (κ1) is 22.3. The minimum Gasteiger partial charge on any atom is -0.495 e. The van der Waals surface area contributed by atoms with Crippen molar-refractivity contribution in [2.45, 2.75) is 39.3 Å². The zero-order valence-electron chi connectivity index (χ0n) is 17.7. The highest BCUT2D eigenvalue weighted by molar-refractivity contribution is 6.32. The summed E-state index contributed by atoms with van der Waals surface area (Å²) in [6, 6.07) is 5.71. The second-order valence-corrected chi connectivity index (χ2v) is 7.49. The topological polar surface area (TPSA) is 97.1 Å². The van der Waals surface area contributed by atoms with E-state index >= 15 is 0 Å². The Bertz CT molecular complexity index is 991. The number of fused-ring (bicyclic) bond motifs is 1. The predicted molar refractivity (Wildman–Crippen MR) is 119 cm³/mol. The number of halogens is 1. The Morgan fingerprint density at radius 1 is 1.23 bits per heavy atom. The Hall–Kier alpha value is -2.42. The average molecular weight is 433 g/mol. The Morgan fingerprint density at radius 3 is 2.77 bits per heavy atom. The van der Waals surface area contributed by atoms with Gasteiger partial charge in [-0.15, -0.1) is 0 Å². The molecule has 162 valence electrons. The van der Waals surface area contributed by atoms with E-state index in [4.69, 9.17) is 31.4 Å². The molecule has 3 N–H and O–H groups in total. The van der Waals surface area contributed by atoms with Gasteiger partial charge in [0.25, 0.3) is 0 Å². The summed E-state index contributed by atoms with van der Waals surface area (Å²) in [5.74, 6) is 2.08. The maximum atomic E-state index is 8.97. The maximum Gasteiger partial charge on any atom is 0.156 e. The van der Waals surface area contributed by atoms with Crippen molar-refractivity contribution in [3.8, 4) is 5.75 Å². The molecule has 2 aromatic heterocycles. The van der Waals surface area contributed by atoms with Gasteiger partial charge >= 0.3 is 0 Å². The van der Waals surface area contributed by atoms with E-state index in [0.717, 1.165) is 41.0 Å². The molecule has 3 rings (SSSR count). The molecule has 0 unspecified atom stereocenters. The van der Waals surface area contributed by atoms with Crippen LogP contribution in [0.2, 0.25) is 5.02 Å². The molecule has 0 fully saturated rings. The molecule has 0 aliphatic rings. The molecule has 0 amide bonds. The van der Waals surface area contributed by atoms with E-state index in [1.807, 2.05) is 29.9 Å². The highest BCUT2D eigenvalue weighted by Crippen LogP contribution is 2.27. The van der Waals surface area contributed by atoms with Crippen LogP contribution in [-0.4, -0.2) is 45.1 Å². The first-order valence-corrected chi connectivity index (χ1v) is 10.6. The first-order chi connectivity index (χ1) is 14.6.